The lowest BCUT2D eigenvalue weighted by molar-refractivity contribution is 0.102. The Hall–Kier alpha value is -3.59. The Labute approximate surface area is 168 Å². The lowest BCUT2D eigenvalue weighted by atomic mass is 10.2. The number of amides is 1. The zero-order valence-corrected chi connectivity index (χ0v) is 16.0. The fourth-order valence-corrected chi connectivity index (χ4v) is 2.77. The van der Waals surface area contributed by atoms with Gasteiger partial charge in [0.2, 0.25) is 0 Å². The summed E-state index contributed by atoms with van der Waals surface area (Å²) in [7, 11) is 2.88. The minimum absolute atomic E-state index is 0.0104. The van der Waals surface area contributed by atoms with E-state index in [1.54, 1.807) is 12.1 Å². The number of hydrogen-bond donors (Lipinski definition) is 2. The smallest absolute Gasteiger partial charge is 0.333 e. The summed E-state index contributed by atoms with van der Waals surface area (Å²) in [5.41, 5.74) is -1.80. The molecule has 0 aliphatic heterocycles. The molecule has 0 saturated heterocycles. The molecule has 10 heteroatoms. The third kappa shape index (κ3) is 3.99. The fraction of sp³-hybridized carbons (Fsp3) is 0.105. The molecule has 0 aliphatic rings. The number of H-pyrrole nitrogens is 1. The minimum Gasteiger partial charge on any atom is -0.497 e. The molecule has 0 aliphatic carbocycles. The molecule has 0 atom stereocenters. The van der Waals surface area contributed by atoms with E-state index in [2.05, 4.69) is 10.3 Å². The van der Waals surface area contributed by atoms with Gasteiger partial charge < -0.3 is 19.8 Å². The van der Waals surface area contributed by atoms with Crippen molar-refractivity contribution in [3.05, 3.63) is 79.8 Å². The van der Waals surface area contributed by atoms with Crippen LogP contribution >= 0.6 is 11.6 Å². The van der Waals surface area contributed by atoms with Crippen molar-refractivity contribution in [2.24, 2.45) is 0 Å². The highest BCUT2D eigenvalue weighted by Crippen LogP contribution is 2.29. The van der Waals surface area contributed by atoms with Crippen molar-refractivity contribution in [2.45, 2.75) is 0 Å². The Balaban J connectivity index is 2.04. The van der Waals surface area contributed by atoms with Crippen LogP contribution < -0.4 is 26.0 Å². The highest BCUT2D eigenvalue weighted by atomic mass is 35.5. The summed E-state index contributed by atoms with van der Waals surface area (Å²) in [5, 5.41) is 2.27. The van der Waals surface area contributed by atoms with E-state index in [4.69, 9.17) is 21.1 Å². The van der Waals surface area contributed by atoms with Gasteiger partial charge in [-0.1, -0.05) is 11.6 Å². The lowest BCUT2D eigenvalue weighted by Gasteiger charge is -2.12. The number of aromatic nitrogens is 2. The Morgan fingerprint density at radius 2 is 1.90 bits per heavy atom. The first kappa shape index (κ1) is 20.2. The molecule has 2 aromatic carbocycles. The topological polar surface area (TPSA) is 102 Å². The van der Waals surface area contributed by atoms with Gasteiger partial charge in [-0.3, -0.25) is 9.59 Å². The number of anilines is 1. The van der Waals surface area contributed by atoms with Crippen LogP contribution in [0.4, 0.5) is 10.1 Å². The Morgan fingerprint density at radius 1 is 1.14 bits per heavy atom. The van der Waals surface area contributed by atoms with Crippen molar-refractivity contribution in [1.29, 1.82) is 0 Å². The summed E-state index contributed by atoms with van der Waals surface area (Å²) in [6.07, 6.45) is 0.994. The van der Waals surface area contributed by atoms with E-state index in [1.165, 1.54) is 26.4 Å². The van der Waals surface area contributed by atoms with Gasteiger partial charge in [-0.05, 0) is 30.3 Å². The van der Waals surface area contributed by atoms with Gasteiger partial charge in [0.05, 0.1) is 30.6 Å². The molecule has 0 radical (unpaired) electrons. The number of nitrogens with zero attached hydrogens (tertiary/aromatic N) is 1. The summed E-state index contributed by atoms with van der Waals surface area (Å²) in [5.74, 6) is -0.700. The number of carbonyl (C=O) groups excluding carboxylic acids is 1. The lowest BCUT2D eigenvalue weighted by Crippen LogP contribution is -2.38. The molecule has 0 bridgehead atoms. The van der Waals surface area contributed by atoms with Crippen LogP contribution in [0.5, 0.6) is 11.5 Å². The van der Waals surface area contributed by atoms with Crippen LogP contribution in [0.3, 0.4) is 0 Å². The first-order valence-corrected chi connectivity index (χ1v) is 8.57. The number of halogens is 2. The Morgan fingerprint density at radius 3 is 2.55 bits per heavy atom. The van der Waals surface area contributed by atoms with E-state index >= 15 is 0 Å². The number of carbonyl (C=O) groups is 1. The largest absolute Gasteiger partial charge is 0.497 e. The summed E-state index contributed by atoms with van der Waals surface area (Å²) < 4.78 is 24.4. The van der Waals surface area contributed by atoms with Crippen molar-refractivity contribution in [3.63, 3.8) is 0 Å². The number of methoxy groups -OCH3 is 2. The molecule has 3 rings (SSSR count). The van der Waals surface area contributed by atoms with Crippen LogP contribution in [-0.4, -0.2) is 29.7 Å². The second-order valence-corrected chi connectivity index (χ2v) is 6.17. The van der Waals surface area contributed by atoms with Crippen LogP contribution in [0.1, 0.15) is 10.4 Å². The monoisotopic (exact) mass is 419 g/mol. The zero-order chi connectivity index (χ0) is 21.1. The van der Waals surface area contributed by atoms with Gasteiger partial charge in [0, 0.05) is 12.3 Å². The average molecular weight is 420 g/mol. The molecule has 0 unspecified atom stereocenters. The highest BCUT2D eigenvalue weighted by molar-refractivity contribution is 6.30. The quantitative estimate of drug-likeness (QED) is 0.661. The maximum absolute atomic E-state index is 13.4. The van der Waals surface area contributed by atoms with Gasteiger partial charge in [0.15, 0.2) is 0 Å². The molecular formula is C19H15ClFN3O5. The first-order valence-electron chi connectivity index (χ1n) is 8.19. The normalized spacial score (nSPS) is 10.5. The van der Waals surface area contributed by atoms with Gasteiger partial charge in [0.1, 0.15) is 22.9 Å². The highest BCUT2D eigenvalue weighted by Gasteiger charge is 2.18. The number of ether oxygens (including phenoxy) is 2. The zero-order valence-electron chi connectivity index (χ0n) is 15.3. The summed E-state index contributed by atoms with van der Waals surface area (Å²) in [6.45, 7) is 0. The predicted octanol–water partition coefficient (Wildman–Crippen LogP) is 2.59. The molecule has 0 saturated carbocycles. The molecule has 2 N–H and O–H groups in total. The molecule has 0 spiro atoms. The van der Waals surface area contributed by atoms with Crippen molar-refractivity contribution in [1.82, 2.24) is 9.55 Å². The van der Waals surface area contributed by atoms with Crippen molar-refractivity contribution >= 4 is 23.2 Å². The molecule has 29 heavy (non-hydrogen) atoms. The summed E-state index contributed by atoms with van der Waals surface area (Å²) in [6, 6.07) is 8.06. The van der Waals surface area contributed by atoms with Crippen molar-refractivity contribution in [2.75, 3.05) is 19.5 Å². The number of benzene rings is 2. The molecular weight excluding hydrogens is 405 g/mol. The second kappa shape index (κ2) is 8.19. The SMILES string of the molecule is COc1ccc(OC)c(NC(=O)c2c[nH]c(=O)n(-c3ccc(F)c(Cl)c3)c2=O)c1. The number of hydrogen-bond acceptors (Lipinski definition) is 5. The molecule has 8 nitrogen and oxygen atoms in total. The number of aromatic amines is 1. The fourth-order valence-electron chi connectivity index (χ4n) is 2.60. The Bertz CT molecular complexity index is 1210. The number of rotatable bonds is 5. The van der Waals surface area contributed by atoms with Crippen LogP contribution in [0.2, 0.25) is 5.02 Å². The van der Waals surface area contributed by atoms with Crippen molar-refractivity contribution in [3.8, 4) is 17.2 Å². The third-order valence-corrected chi connectivity index (χ3v) is 4.33. The molecule has 0 fully saturated rings. The van der Waals surface area contributed by atoms with E-state index in [0.29, 0.717) is 16.1 Å². The minimum atomic E-state index is -0.907. The average Bonchev–Trinajstić information content (AvgIpc) is 2.70. The first-order chi connectivity index (χ1) is 13.8. The van der Waals surface area contributed by atoms with E-state index in [0.717, 1.165) is 18.3 Å². The van der Waals surface area contributed by atoms with Crippen LogP contribution in [0.15, 0.2) is 52.2 Å². The van der Waals surface area contributed by atoms with E-state index in [9.17, 15) is 18.8 Å². The van der Waals surface area contributed by atoms with E-state index in [1.807, 2.05) is 0 Å². The molecule has 1 heterocycles. The molecule has 3 aromatic rings. The van der Waals surface area contributed by atoms with E-state index in [-0.39, 0.29) is 22.0 Å². The predicted molar refractivity (Wildman–Crippen MR) is 105 cm³/mol. The van der Waals surface area contributed by atoms with Crippen LogP contribution in [0, 0.1) is 5.82 Å². The standard InChI is InChI=1S/C19H15ClFN3O5/c1-28-11-4-6-16(29-2)15(8-11)23-17(25)12-9-22-19(27)24(18(12)26)10-3-5-14(21)13(20)7-10/h3-9H,1-2H3,(H,22,27)(H,23,25). The molecule has 1 aromatic heterocycles. The Kier molecular flexibility index (Phi) is 5.69. The summed E-state index contributed by atoms with van der Waals surface area (Å²) >= 11 is 5.73. The number of nitrogens with one attached hydrogen (secondary N) is 2. The van der Waals surface area contributed by atoms with Gasteiger partial charge in [-0.2, -0.15) is 0 Å². The maximum Gasteiger partial charge on any atom is 0.333 e. The summed E-state index contributed by atoms with van der Waals surface area (Å²) in [4.78, 5) is 39.9. The second-order valence-electron chi connectivity index (χ2n) is 5.77. The molecule has 150 valence electrons. The molecule has 1 amide bonds. The van der Waals surface area contributed by atoms with Crippen LogP contribution in [-0.2, 0) is 0 Å². The maximum atomic E-state index is 13.4. The van der Waals surface area contributed by atoms with Gasteiger partial charge in [-0.15, -0.1) is 0 Å². The van der Waals surface area contributed by atoms with Gasteiger partial charge >= 0.3 is 5.69 Å². The van der Waals surface area contributed by atoms with E-state index < -0.39 is 23.0 Å². The van der Waals surface area contributed by atoms with Crippen molar-refractivity contribution < 1.29 is 18.7 Å². The van der Waals surface area contributed by atoms with Gasteiger partial charge in [0.25, 0.3) is 11.5 Å². The van der Waals surface area contributed by atoms with Crippen LogP contribution in [0.25, 0.3) is 5.69 Å². The third-order valence-electron chi connectivity index (χ3n) is 4.04. The van der Waals surface area contributed by atoms with Gasteiger partial charge in [-0.25, -0.2) is 13.8 Å².